The molecule has 0 N–H and O–H groups in total. The number of thioether (sulfide) groups is 1. The van der Waals surface area contributed by atoms with Crippen molar-refractivity contribution >= 4 is 28.7 Å². The Morgan fingerprint density at radius 3 is 2.70 bits per heavy atom. The number of esters is 1. The van der Waals surface area contributed by atoms with Gasteiger partial charge in [0.05, 0.1) is 5.56 Å². The Labute approximate surface area is 137 Å². The van der Waals surface area contributed by atoms with E-state index in [0.717, 1.165) is 15.8 Å². The zero-order valence-corrected chi connectivity index (χ0v) is 13.5. The topological polar surface area (TPSA) is 56.5 Å². The molecule has 0 amide bonds. The van der Waals surface area contributed by atoms with E-state index >= 15 is 0 Å². The summed E-state index contributed by atoms with van der Waals surface area (Å²) in [5.74, 6) is -0.101. The second-order valence-corrected chi connectivity index (χ2v) is 5.84. The van der Waals surface area contributed by atoms with E-state index in [1.54, 1.807) is 30.3 Å². The Morgan fingerprint density at radius 1 is 1.13 bits per heavy atom. The summed E-state index contributed by atoms with van der Waals surface area (Å²) in [4.78, 5) is 24.6. The summed E-state index contributed by atoms with van der Waals surface area (Å²) in [6.07, 6.45) is 1.90. The first-order chi connectivity index (χ1) is 11.1. The minimum absolute atomic E-state index is 0.340. The molecule has 0 unspecified atom stereocenters. The van der Waals surface area contributed by atoms with Crippen LogP contribution in [0.3, 0.4) is 0 Å². The molecule has 0 bridgehead atoms. The van der Waals surface area contributed by atoms with Gasteiger partial charge in [0, 0.05) is 22.4 Å². The molecule has 116 valence electrons. The van der Waals surface area contributed by atoms with Gasteiger partial charge in [0.25, 0.3) is 0 Å². The minimum Gasteiger partial charge on any atom is -0.423 e. The van der Waals surface area contributed by atoms with E-state index in [2.05, 4.69) is 0 Å². The summed E-state index contributed by atoms with van der Waals surface area (Å²) in [7, 11) is 0. The van der Waals surface area contributed by atoms with Gasteiger partial charge >= 0.3 is 11.6 Å². The highest BCUT2D eigenvalue weighted by Crippen LogP contribution is 2.25. The third kappa shape index (κ3) is 3.14. The highest BCUT2D eigenvalue weighted by atomic mass is 32.2. The number of ether oxygens (including phenoxy) is 1. The average molecular weight is 326 g/mol. The van der Waals surface area contributed by atoms with Gasteiger partial charge in [-0.15, -0.1) is 11.8 Å². The first-order valence-corrected chi connectivity index (χ1v) is 8.20. The van der Waals surface area contributed by atoms with E-state index in [0.29, 0.717) is 16.9 Å². The fourth-order valence-corrected chi connectivity index (χ4v) is 2.93. The molecular weight excluding hydrogens is 312 g/mol. The van der Waals surface area contributed by atoms with Gasteiger partial charge in [0.15, 0.2) is 0 Å². The summed E-state index contributed by atoms with van der Waals surface area (Å²) < 4.78 is 10.6. The van der Waals surface area contributed by atoms with Crippen LogP contribution in [-0.2, 0) is 0 Å². The van der Waals surface area contributed by atoms with Crippen LogP contribution in [-0.4, -0.2) is 12.2 Å². The number of hydrogen-bond acceptors (Lipinski definition) is 5. The molecule has 0 fully saturated rings. The summed E-state index contributed by atoms with van der Waals surface area (Å²) in [5.41, 5.74) is 1.30. The first-order valence-electron chi connectivity index (χ1n) is 6.98. The van der Waals surface area contributed by atoms with Crippen molar-refractivity contribution in [1.29, 1.82) is 0 Å². The number of rotatable bonds is 3. The van der Waals surface area contributed by atoms with Crippen LogP contribution in [0, 0.1) is 6.92 Å². The molecule has 4 nitrogen and oxygen atoms in total. The van der Waals surface area contributed by atoms with Gasteiger partial charge in [-0.05, 0) is 43.0 Å². The highest BCUT2D eigenvalue weighted by molar-refractivity contribution is 7.98. The van der Waals surface area contributed by atoms with Gasteiger partial charge in [-0.1, -0.05) is 12.1 Å². The quantitative estimate of drug-likeness (QED) is 0.315. The van der Waals surface area contributed by atoms with Crippen LogP contribution in [0.15, 0.2) is 62.6 Å². The van der Waals surface area contributed by atoms with Crippen molar-refractivity contribution in [2.24, 2.45) is 0 Å². The smallest absolute Gasteiger partial charge is 0.344 e. The summed E-state index contributed by atoms with van der Waals surface area (Å²) in [5, 5.41) is 0.814. The zero-order chi connectivity index (χ0) is 16.4. The van der Waals surface area contributed by atoms with Gasteiger partial charge in [-0.2, -0.15) is 0 Å². The molecule has 0 radical (unpaired) electrons. The Bertz CT molecular complexity index is 943. The van der Waals surface area contributed by atoms with E-state index in [1.165, 1.54) is 17.8 Å². The van der Waals surface area contributed by atoms with Gasteiger partial charge in [0.1, 0.15) is 11.3 Å². The normalized spacial score (nSPS) is 10.7. The molecule has 1 heterocycles. The summed E-state index contributed by atoms with van der Waals surface area (Å²) in [6.45, 7) is 1.83. The van der Waals surface area contributed by atoms with Crippen molar-refractivity contribution < 1.29 is 13.9 Å². The van der Waals surface area contributed by atoms with E-state index in [-0.39, 0.29) is 0 Å². The fourth-order valence-electron chi connectivity index (χ4n) is 2.34. The van der Waals surface area contributed by atoms with Crippen molar-refractivity contribution in [2.45, 2.75) is 11.8 Å². The fraction of sp³-hybridized carbons (Fsp3) is 0.111. The average Bonchev–Trinajstić information content (AvgIpc) is 2.54. The van der Waals surface area contributed by atoms with Gasteiger partial charge in [-0.3, -0.25) is 0 Å². The van der Waals surface area contributed by atoms with E-state index in [9.17, 15) is 9.59 Å². The maximum absolute atomic E-state index is 12.3. The van der Waals surface area contributed by atoms with Crippen molar-refractivity contribution in [3.63, 3.8) is 0 Å². The molecule has 0 saturated carbocycles. The molecule has 3 aromatic rings. The molecule has 0 aliphatic carbocycles. The SMILES string of the molecule is CSc1ccccc1C(=O)Oc1ccc2c(C)cc(=O)oc2c1. The maximum atomic E-state index is 12.3. The van der Waals surface area contributed by atoms with Crippen LogP contribution >= 0.6 is 11.8 Å². The van der Waals surface area contributed by atoms with Crippen LogP contribution in [0.2, 0.25) is 0 Å². The predicted molar refractivity (Wildman–Crippen MR) is 90.4 cm³/mol. The highest BCUT2D eigenvalue weighted by Gasteiger charge is 2.13. The molecule has 1 aromatic heterocycles. The Balaban J connectivity index is 1.95. The van der Waals surface area contributed by atoms with Crippen molar-refractivity contribution in [3.05, 3.63) is 70.1 Å². The lowest BCUT2D eigenvalue weighted by molar-refractivity contribution is 0.0731. The van der Waals surface area contributed by atoms with Crippen molar-refractivity contribution in [1.82, 2.24) is 0 Å². The largest absolute Gasteiger partial charge is 0.423 e. The first kappa shape index (κ1) is 15.4. The van der Waals surface area contributed by atoms with Crippen LogP contribution in [0.25, 0.3) is 11.0 Å². The Hall–Kier alpha value is -2.53. The Kier molecular flexibility index (Phi) is 4.21. The third-order valence-electron chi connectivity index (χ3n) is 3.46. The van der Waals surface area contributed by atoms with Crippen LogP contribution in [0.4, 0.5) is 0 Å². The van der Waals surface area contributed by atoms with Gasteiger partial charge < -0.3 is 9.15 Å². The molecule has 0 atom stereocenters. The third-order valence-corrected chi connectivity index (χ3v) is 4.26. The van der Waals surface area contributed by atoms with Gasteiger partial charge in [-0.25, -0.2) is 9.59 Å². The monoisotopic (exact) mass is 326 g/mol. The van der Waals surface area contributed by atoms with Gasteiger partial charge in [0.2, 0.25) is 0 Å². The molecule has 3 rings (SSSR count). The van der Waals surface area contributed by atoms with E-state index < -0.39 is 11.6 Å². The van der Waals surface area contributed by atoms with Crippen LogP contribution < -0.4 is 10.4 Å². The maximum Gasteiger partial charge on any atom is 0.344 e. The summed E-state index contributed by atoms with van der Waals surface area (Å²) >= 11 is 1.48. The zero-order valence-electron chi connectivity index (χ0n) is 12.7. The molecule has 5 heteroatoms. The van der Waals surface area contributed by atoms with Crippen LogP contribution in [0.5, 0.6) is 5.75 Å². The molecule has 0 aliphatic rings. The standard InChI is InChI=1S/C18H14O4S/c1-11-9-17(19)22-15-10-12(7-8-13(11)15)21-18(20)14-5-3-4-6-16(14)23-2/h3-10H,1-2H3. The number of carbonyl (C=O) groups excluding carboxylic acids is 1. The second kappa shape index (κ2) is 6.30. The Morgan fingerprint density at radius 2 is 1.91 bits per heavy atom. The van der Waals surface area contributed by atoms with Crippen molar-refractivity contribution in [3.8, 4) is 5.75 Å². The van der Waals surface area contributed by atoms with E-state index in [1.807, 2.05) is 25.3 Å². The lowest BCUT2D eigenvalue weighted by atomic mass is 10.1. The molecule has 0 saturated heterocycles. The number of fused-ring (bicyclic) bond motifs is 1. The molecule has 2 aromatic carbocycles. The minimum atomic E-state index is -0.440. The molecular formula is C18H14O4S. The predicted octanol–water partition coefficient (Wildman–Crippen LogP) is 4.04. The van der Waals surface area contributed by atoms with E-state index in [4.69, 9.17) is 9.15 Å². The lowest BCUT2D eigenvalue weighted by Crippen LogP contribution is -2.09. The molecule has 0 aliphatic heterocycles. The number of hydrogen-bond donors (Lipinski definition) is 0. The summed E-state index contributed by atoms with van der Waals surface area (Å²) in [6, 6.07) is 13.7. The number of aryl methyl sites for hydroxylation is 1. The van der Waals surface area contributed by atoms with Crippen LogP contribution in [0.1, 0.15) is 15.9 Å². The lowest BCUT2D eigenvalue weighted by Gasteiger charge is -2.08. The number of carbonyl (C=O) groups is 1. The molecule has 0 spiro atoms. The van der Waals surface area contributed by atoms with Crippen molar-refractivity contribution in [2.75, 3.05) is 6.26 Å². The second-order valence-electron chi connectivity index (χ2n) is 5.00. The number of benzene rings is 2. The molecule has 23 heavy (non-hydrogen) atoms.